The van der Waals surface area contributed by atoms with E-state index in [2.05, 4.69) is 44.7 Å². The third-order valence-corrected chi connectivity index (χ3v) is 5.55. The van der Waals surface area contributed by atoms with Crippen LogP contribution in [0.4, 0.5) is 0 Å². The average Bonchev–Trinajstić information content (AvgIpc) is 3.23. The van der Waals surface area contributed by atoms with Gasteiger partial charge in [-0.25, -0.2) is 0 Å². The number of aryl methyl sites for hydroxylation is 3. The number of ether oxygens (including phenoxy) is 1. The molecule has 0 unspecified atom stereocenters. The first kappa shape index (κ1) is 27.4. The smallest absolute Gasteiger partial charge is 0.307 e. The Balaban J connectivity index is 0.000000307. The number of carbonyl (C=O) groups is 2. The van der Waals surface area contributed by atoms with E-state index in [0.717, 1.165) is 24.8 Å². The van der Waals surface area contributed by atoms with Gasteiger partial charge < -0.3 is 4.74 Å². The Morgan fingerprint density at radius 1 is 0.969 bits per heavy atom. The van der Waals surface area contributed by atoms with E-state index in [1.165, 1.54) is 36.5 Å². The van der Waals surface area contributed by atoms with Crippen LogP contribution in [0.3, 0.4) is 0 Å². The molecule has 1 aliphatic heterocycles. The van der Waals surface area contributed by atoms with Crippen LogP contribution in [0.1, 0.15) is 82.2 Å². The molecule has 1 heterocycles. The highest BCUT2D eigenvalue weighted by atomic mass is 16.6. The molecule has 32 heavy (non-hydrogen) atoms. The fourth-order valence-corrected chi connectivity index (χ4v) is 3.55. The van der Waals surface area contributed by atoms with Gasteiger partial charge in [0.1, 0.15) is 11.9 Å². The van der Waals surface area contributed by atoms with Crippen LogP contribution < -0.4 is 0 Å². The molecule has 0 bridgehead atoms. The van der Waals surface area contributed by atoms with Crippen LogP contribution in [0.2, 0.25) is 0 Å². The second-order valence-electron chi connectivity index (χ2n) is 7.78. The van der Waals surface area contributed by atoms with Gasteiger partial charge in [0, 0.05) is 0 Å². The maximum atomic E-state index is 11.5. The van der Waals surface area contributed by atoms with Crippen LogP contribution in [-0.4, -0.2) is 11.8 Å². The van der Waals surface area contributed by atoms with E-state index in [1.807, 2.05) is 44.2 Å². The van der Waals surface area contributed by atoms with Crippen molar-refractivity contribution in [2.45, 2.75) is 79.2 Å². The van der Waals surface area contributed by atoms with Crippen molar-refractivity contribution >= 4 is 11.8 Å². The predicted molar refractivity (Wildman–Crippen MR) is 134 cm³/mol. The summed E-state index contributed by atoms with van der Waals surface area (Å²) in [6.07, 6.45) is 7.41. The molecule has 1 saturated heterocycles. The molecule has 0 saturated carbocycles. The summed E-state index contributed by atoms with van der Waals surface area (Å²) in [5, 5.41) is 0. The first-order chi connectivity index (χ1) is 15.5. The Morgan fingerprint density at radius 3 is 1.94 bits per heavy atom. The highest BCUT2D eigenvalue weighted by Gasteiger charge is 2.38. The third-order valence-electron chi connectivity index (χ3n) is 5.55. The molecule has 2 aromatic carbocycles. The van der Waals surface area contributed by atoms with Crippen LogP contribution >= 0.6 is 0 Å². The average molecular weight is 437 g/mol. The molecule has 3 heteroatoms. The number of allylic oxidation sites excluding steroid dienone is 1. The largest absolute Gasteiger partial charge is 0.457 e. The van der Waals surface area contributed by atoms with Crippen molar-refractivity contribution in [1.82, 2.24) is 0 Å². The van der Waals surface area contributed by atoms with E-state index in [-0.39, 0.29) is 24.1 Å². The van der Waals surface area contributed by atoms with Crippen molar-refractivity contribution in [3.63, 3.8) is 0 Å². The van der Waals surface area contributed by atoms with Crippen molar-refractivity contribution in [2.24, 2.45) is 5.92 Å². The molecule has 1 fully saturated rings. The Morgan fingerprint density at radius 2 is 1.47 bits per heavy atom. The minimum Gasteiger partial charge on any atom is -0.457 e. The van der Waals surface area contributed by atoms with Crippen LogP contribution in [-0.2, 0) is 33.6 Å². The Labute approximate surface area is 194 Å². The van der Waals surface area contributed by atoms with Crippen LogP contribution in [0.25, 0.3) is 0 Å². The number of rotatable bonds is 8. The molecule has 2 aromatic rings. The van der Waals surface area contributed by atoms with Gasteiger partial charge in [0.05, 0.1) is 12.3 Å². The molecular formula is C29H40O3. The van der Waals surface area contributed by atoms with Gasteiger partial charge in [0.15, 0.2) is 0 Å². The van der Waals surface area contributed by atoms with Crippen LogP contribution in [0.15, 0.2) is 61.2 Å². The number of hydrogen-bond donors (Lipinski definition) is 0. The zero-order valence-electron chi connectivity index (χ0n) is 20.5. The quantitative estimate of drug-likeness (QED) is 0.249. The topological polar surface area (TPSA) is 43.4 Å². The van der Waals surface area contributed by atoms with Gasteiger partial charge in [-0.15, -0.1) is 6.58 Å². The summed E-state index contributed by atoms with van der Waals surface area (Å²) in [7, 11) is 0. The lowest BCUT2D eigenvalue weighted by atomic mass is 9.91. The summed E-state index contributed by atoms with van der Waals surface area (Å²) in [5.41, 5.74) is 5.01. The lowest BCUT2D eigenvalue weighted by Gasteiger charge is -2.15. The highest BCUT2D eigenvalue weighted by molar-refractivity contribution is 5.86. The van der Waals surface area contributed by atoms with Gasteiger partial charge in [-0.05, 0) is 61.3 Å². The van der Waals surface area contributed by atoms with Gasteiger partial charge in [-0.3, -0.25) is 9.59 Å². The van der Waals surface area contributed by atoms with Gasteiger partial charge in [0.25, 0.3) is 0 Å². The minimum atomic E-state index is -0.397. The van der Waals surface area contributed by atoms with E-state index in [1.54, 1.807) is 0 Å². The molecule has 0 radical (unpaired) electrons. The summed E-state index contributed by atoms with van der Waals surface area (Å²) >= 11 is 0. The molecule has 0 aromatic heterocycles. The summed E-state index contributed by atoms with van der Waals surface area (Å²) in [6.45, 7) is 13.5. The number of benzene rings is 2. The van der Waals surface area contributed by atoms with E-state index >= 15 is 0 Å². The molecule has 0 N–H and O–H groups in total. The number of unbranched alkanes of at least 4 members (excludes halogenated alkanes) is 1. The van der Waals surface area contributed by atoms with E-state index in [0.29, 0.717) is 0 Å². The molecule has 2 atom stereocenters. The Hall–Kier alpha value is -2.68. The van der Waals surface area contributed by atoms with Gasteiger partial charge >= 0.3 is 5.97 Å². The summed E-state index contributed by atoms with van der Waals surface area (Å²) < 4.78 is 5.24. The fourth-order valence-electron chi connectivity index (χ4n) is 3.55. The number of esters is 1. The van der Waals surface area contributed by atoms with E-state index in [4.69, 9.17) is 4.74 Å². The SMILES string of the molecule is C=CCCCc1ccc(CC)cc1.CC.CCc1ccc([C@H]2OC(=O)C[C@@H]2C(C)=O)cc1. The third kappa shape index (κ3) is 8.82. The Kier molecular flexibility index (Phi) is 13.0. The second-order valence-corrected chi connectivity index (χ2v) is 7.78. The number of ketones is 1. The molecule has 174 valence electrons. The molecule has 3 rings (SSSR count). The predicted octanol–water partition coefficient (Wildman–Crippen LogP) is 7.23. The second kappa shape index (κ2) is 15.2. The monoisotopic (exact) mass is 436 g/mol. The zero-order chi connectivity index (χ0) is 23.9. The number of cyclic esters (lactones) is 1. The van der Waals surface area contributed by atoms with E-state index in [9.17, 15) is 9.59 Å². The summed E-state index contributed by atoms with van der Waals surface area (Å²) in [6, 6.07) is 16.8. The summed E-state index contributed by atoms with van der Waals surface area (Å²) in [5.74, 6) is -0.592. The zero-order valence-corrected chi connectivity index (χ0v) is 20.5. The van der Waals surface area contributed by atoms with Crippen molar-refractivity contribution in [2.75, 3.05) is 0 Å². The highest BCUT2D eigenvalue weighted by Crippen LogP contribution is 2.35. The molecule has 0 amide bonds. The van der Waals surface area contributed by atoms with E-state index < -0.39 is 6.10 Å². The molecule has 0 spiro atoms. The van der Waals surface area contributed by atoms with Crippen molar-refractivity contribution in [3.8, 4) is 0 Å². The summed E-state index contributed by atoms with van der Waals surface area (Å²) in [4.78, 5) is 22.8. The minimum absolute atomic E-state index is 0.0143. The molecule has 1 aliphatic rings. The molecular weight excluding hydrogens is 396 g/mol. The maximum Gasteiger partial charge on any atom is 0.307 e. The Bertz CT molecular complexity index is 818. The standard InChI is InChI=1S/C14H16O3.C13H18.C2H6/c1-3-10-4-6-11(7-5-10)14-12(9(2)15)8-13(16)17-14;1-3-5-6-7-13-10-8-12(4-2)9-11-13;1-2/h4-7,12,14H,3,8H2,1-2H3;3,8-11H,1,4-7H2,2H3;1-2H3/t12-,14-;;/m1../s1. The van der Waals surface area contributed by atoms with Gasteiger partial charge in [0.2, 0.25) is 0 Å². The maximum absolute atomic E-state index is 11.5. The van der Waals surface area contributed by atoms with Crippen LogP contribution in [0.5, 0.6) is 0 Å². The fraction of sp³-hybridized carbons (Fsp3) is 0.448. The molecule has 3 nitrogen and oxygen atoms in total. The van der Waals surface area contributed by atoms with Crippen molar-refractivity contribution in [1.29, 1.82) is 0 Å². The van der Waals surface area contributed by atoms with Crippen molar-refractivity contribution in [3.05, 3.63) is 83.4 Å². The number of hydrogen-bond acceptors (Lipinski definition) is 3. The first-order valence-corrected chi connectivity index (χ1v) is 12.0. The molecule has 0 aliphatic carbocycles. The van der Waals surface area contributed by atoms with Crippen LogP contribution in [0, 0.1) is 5.92 Å². The van der Waals surface area contributed by atoms with Gasteiger partial charge in [-0.2, -0.15) is 0 Å². The van der Waals surface area contributed by atoms with Gasteiger partial charge in [-0.1, -0.05) is 82.3 Å². The number of carbonyl (C=O) groups excluding carboxylic acids is 2. The normalized spacial score (nSPS) is 16.7. The lowest BCUT2D eigenvalue weighted by molar-refractivity contribution is -0.141. The first-order valence-electron chi connectivity index (χ1n) is 12.0. The van der Waals surface area contributed by atoms with Crippen molar-refractivity contribution < 1.29 is 14.3 Å². The number of Topliss-reactive ketones (excluding diaryl/α,β-unsaturated/α-hetero) is 1. The lowest BCUT2D eigenvalue weighted by Crippen LogP contribution is -2.15.